The lowest BCUT2D eigenvalue weighted by atomic mass is 10.5. The summed E-state index contributed by atoms with van der Waals surface area (Å²) >= 11 is 5.89. The van der Waals surface area contributed by atoms with E-state index in [0.29, 0.717) is 0 Å². The summed E-state index contributed by atoms with van der Waals surface area (Å²) in [7, 11) is -0.971. The molecule has 0 aromatic carbocycles. The van der Waals surface area contributed by atoms with Gasteiger partial charge in [-0.1, -0.05) is 64.2 Å². The number of allylic oxidation sites excluding steroid dienone is 1. The maximum absolute atomic E-state index is 3.41. The summed E-state index contributed by atoms with van der Waals surface area (Å²) in [5.74, 6) is 0. The Labute approximate surface area is 86.7 Å². The van der Waals surface area contributed by atoms with Crippen LogP contribution in [0.5, 0.6) is 0 Å². The Bertz CT molecular complexity index is 126. The Morgan fingerprint density at radius 1 is 1.50 bits per heavy atom. The normalized spacial score (nSPS) is 13.9. The number of halogens is 2. The third kappa shape index (κ3) is 4.90. The lowest BCUT2D eigenvalue weighted by Gasteiger charge is -2.14. The standard InChI is InChI=1S/C7H14BrISi/c1-10(2,3)7(9)5-4-6-8/h5H,4,6H2,1-3H3/b7-5-. The minimum absolute atomic E-state index is 0.971. The first-order valence-corrected chi connectivity index (χ1v) is 9.10. The van der Waals surface area contributed by atoms with Gasteiger partial charge in [0.1, 0.15) is 0 Å². The van der Waals surface area contributed by atoms with Gasteiger partial charge in [0.05, 0.1) is 8.07 Å². The molecule has 0 amide bonds. The smallest absolute Gasteiger partial charge is 0.0850 e. The van der Waals surface area contributed by atoms with Crippen molar-refractivity contribution in [3.63, 3.8) is 0 Å². The average molecular weight is 333 g/mol. The summed E-state index contributed by atoms with van der Waals surface area (Å²) < 4.78 is 1.59. The van der Waals surface area contributed by atoms with Crippen LogP contribution in [0, 0.1) is 0 Å². The highest BCUT2D eigenvalue weighted by Gasteiger charge is 2.15. The van der Waals surface area contributed by atoms with Crippen molar-refractivity contribution in [3.8, 4) is 0 Å². The first kappa shape index (κ1) is 11.2. The predicted molar refractivity (Wildman–Crippen MR) is 63.9 cm³/mol. The van der Waals surface area contributed by atoms with E-state index in [4.69, 9.17) is 0 Å². The van der Waals surface area contributed by atoms with Gasteiger partial charge in [-0.2, -0.15) is 0 Å². The van der Waals surface area contributed by atoms with Crippen molar-refractivity contribution in [2.45, 2.75) is 26.1 Å². The molecule has 0 atom stereocenters. The fraction of sp³-hybridized carbons (Fsp3) is 0.714. The van der Waals surface area contributed by atoms with E-state index in [-0.39, 0.29) is 0 Å². The van der Waals surface area contributed by atoms with E-state index in [1.165, 1.54) is 6.42 Å². The third-order valence-corrected chi connectivity index (χ3v) is 8.54. The Kier molecular flexibility index (Phi) is 5.50. The van der Waals surface area contributed by atoms with Crippen LogP contribution in [0.2, 0.25) is 19.6 Å². The molecule has 0 aliphatic heterocycles. The van der Waals surface area contributed by atoms with Crippen molar-refractivity contribution in [2.24, 2.45) is 0 Å². The van der Waals surface area contributed by atoms with Gasteiger partial charge in [-0.3, -0.25) is 0 Å². The van der Waals surface area contributed by atoms with Crippen molar-refractivity contribution in [2.75, 3.05) is 5.33 Å². The van der Waals surface area contributed by atoms with E-state index in [9.17, 15) is 0 Å². The number of hydrogen-bond acceptors (Lipinski definition) is 0. The van der Waals surface area contributed by atoms with Crippen LogP contribution in [0.1, 0.15) is 6.42 Å². The Balaban J connectivity index is 3.93. The minimum atomic E-state index is -0.971. The van der Waals surface area contributed by atoms with Crippen LogP contribution < -0.4 is 0 Å². The van der Waals surface area contributed by atoms with Gasteiger partial charge in [0.15, 0.2) is 0 Å². The molecule has 0 radical (unpaired) electrons. The second kappa shape index (κ2) is 4.93. The monoisotopic (exact) mass is 332 g/mol. The molecule has 0 fully saturated rings. The van der Waals surface area contributed by atoms with Crippen LogP contribution >= 0.6 is 38.5 Å². The molecule has 0 unspecified atom stereocenters. The lowest BCUT2D eigenvalue weighted by Crippen LogP contribution is -2.20. The predicted octanol–water partition coefficient (Wildman–Crippen LogP) is 3.97. The quantitative estimate of drug-likeness (QED) is 0.417. The maximum Gasteiger partial charge on any atom is 0.0850 e. The van der Waals surface area contributed by atoms with Crippen LogP contribution in [-0.4, -0.2) is 13.4 Å². The molecule has 0 aromatic rings. The van der Waals surface area contributed by atoms with Crippen molar-refractivity contribution in [1.82, 2.24) is 0 Å². The molecule has 0 rings (SSSR count). The fourth-order valence-electron chi connectivity index (χ4n) is 0.487. The highest BCUT2D eigenvalue weighted by atomic mass is 127. The zero-order valence-corrected chi connectivity index (χ0v) is 11.5. The number of rotatable bonds is 3. The Hall–Kier alpha value is 1.17. The van der Waals surface area contributed by atoms with Gasteiger partial charge in [0, 0.05) is 5.33 Å². The van der Waals surface area contributed by atoms with Crippen LogP contribution in [-0.2, 0) is 0 Å². The summed E-state index contributed by atoms with van der Waals surface area (Å²) in [6.45, 7) is 7.12. The van der Waals surface area contributed by atoms with Crippen molar-refractivity contribution < 1.29 is 0 Å². The highest BCUT2D eigenvalue weighted by Crippen LogP contribution is 2.21. The van der Waals surface area contributed by atoms with Crippen molar-refractivity contribution in [1.29, 1.82) is 0 Å². The minimum Gasteiger partial charge on any atom is -0.0925 e. The van der Waals surface area contributed by atoms with Crippen LogP contribution in [0.4, 0.5) is 0 Å². The summed E-state index contributed by atoms with van der Waals surface area (Å²) in [6, 6.07) is 0. The van der Waals surface area contributed by atoms with Gasteiger partial charge in [0.2, 0.25) is 0 Å². The summed E-state index contributed by atoms with van der Waals surface area (Å²) in [5, 5.41) is 1.09. The SMILES string of the molecule is C[Si](C)(C)/C(I)=C\CCBr. The Morgan fingerprint density at radius 3 is 2.30 bits per heavy atom. The van der Waals surface area contributed by atoms with E-state index in [0.717, 1.165) is 5.33 Å². The topological polar surface area (TPSA) is 0 Å². The van der Waals surface area contributed by atoms with E-state index < -0.39 is 8.07 Å². The molecule has 60 valence electrons. The summed E-state index contributed by atoms with van der Waals surface area (Å²) in [6.07, 6.45) is 3.52. The molecule has 0 saturated carbocycles. The number of alkyl halides is 1. The largest absolute Gasteiger partial charge is 0.0925 e. The molecule has 0 heterocycles. The second-order valence-electron chi connectivity index (χ2n) is 3.28. The van der Waals surface area contributed by atoms with Crippen LogP contribution in [0.3, 0.4) is 0 Å². The van der Waals surface area contributed by atoms with Gasteiger partial charge in [0.25, 0.3) is 0 Å². The van der Waals surface area contributed by atoms with Gasteiger partial charge in [-0.05, 0) is 9.62 Å². The zero-order valence-electron chi connectivity index (χ0n) is 6.75. The molecule has 10 heavy (non-hydrogen) atoms. The van der Waals surface area contributed by atoms with Gasteiger partial charge >= 0.3 is 0 Å². The summed E-state index contributed by atoms with van der Waals surface area (Å²) in [5.41, 5.74) is 0. The molecule has 0 nitrogen and oxygen atoms in total. The number of hydrogen-bond donors (Lipinski definition) is 0. The molecule has 0 saturated heterocycles. The molecular weight excluding hydrogens is 319 g/mol. The lowest BCUT2D eigenvalue weighted by molar-refractivity contribution is 1.26. The molecule has 0 aliphatic rings. The Morgan fingerprint density at radius 2 is 2.00 bits per heavy atom. The van der Waals surface area contributed by atoms with Crippen LogP contribution in [0.25, 0.3) is 0 Å². The zero-order chi connectivity index (χ0) is 8.20. The average Bonchev–Trinajstić information content (AvgIpc) is 1.80. The molecule has 0 aliphatic carbocycles. The van der Waals surface area contributed by atoms with Gasteiger partial charge in [-0.15, -0.1) is 0 Å². The maximum atomic E-state index is 3.41. The first-order valence-electron chi connectivity index (χ1n) is 3.40. The van der Waals surface area contributed by atoms with Crippen molar-refractivity contribution in [3.05, 3.63) is 9.28 Å². The van der Waals surface area contributed by atoms with E-state index in [1.54, 1.807) is 3.20 Å². The molecule has 0 bridgehead atoms. The van der Waals surface area contributed by atoms with Crippen LogP contribution in [0.15, 0.2) is 9.28 Å². The second-order valence-corrected chi connectivity index (χ2v) is 11.3. The summed E-state index contributed by atoms with van der Waals surface area (Å²) in [4.78, 5) is 0. The molecule has 0 spiro atoms. The molecule has 3 heteroatoms. The highest BCUT2D eigenvalue weighted by molar-refractivity contribution is 14.1. The van der Waals surface area contributed by atoms with E-state index in [1.807, 2.05) is 0 Å². The first-order chi connectivity index (χ1) is 4.48. The van der Waals surface area contributed by atoms with Gasteiger partial charge < -0.3 is 0 Å². The molecule has 0 N–H and O–H groups in total. The van der Waals surface area contributed by atoms with E-state index >= 15 is 0 Å². The van der Waals surface area contributed by atoms with Crippen molar-refractivity contribution >= 4 is 46.6 Å². The fourth-order valence-corrected chi connectivity index (χ4v) is 1.78. The third-order valence-electron chi connectivity index (χ3n) is 1.15. The molecular formula is C7H14BrISi. The van der Waals surface area contributed by atoms with E-state index in [2.05, 4.69) is 64.2 Å². The van der Waals surface area contributed by atoms with Gasteiger partial charge in [-0.25, -0.2) is 0 Å². The molecule has 0 aromatic heterocycles.